The normalized spacial score (nSPS) is 15.0. The first-order valence-corrected chi connectivity index (χ1v) is 4.06. The van der Waals surface area contributed by atoms with Crippen molar-refractivity contribution < 1.29 is 14.9 Å². The highest BCUT2D eigenvalue weighted by molar-refractivity contribution is 4.35. The van der Waals surface area contributed by atoms with E-state index in [4.69, 9.17) is 10.2 Å². The lowest BCUT2D eigenvalue weighted by molar-refractivity contribution is -0.0800. The minimum absolute atomic E-state index is 0.315. The molecule has 0 spiro atoms. The van der Waals surface area contributed by atoms with Gasteiger partial charge in [-0.3, -0.25) is 4.90 Å². The third-order valence-electron chi connectivity index (χ3n) is 1.16. The number of aliphatic hydroxyl groups excluding tert-OH is 2. The molecule has 0 aliphatic heterocycles. The quantitative estimate of drug-likeness (QED) is 0.610. The van der Waals surface area contributed by atoms with Gasteiger partial charge in [0.1, 0.15) is 6.23 Å². The smallest absolute Gasteiger partial charge is 0.151 e. The van der Waals surface area contributed by atoms with Crippen LogP contribution in [0.4, 0.5) is 0 Å². The average molecular weight is 179 g/mol. The van der Waals surface area contributed by atoms with Gasteiger partial charge >= 0.3 is 0 Å². The molecule has 2 N–H and O–H groups in total. The van der Waals surface area contributed by atoms with Gasteiger partial charge in [-0.1, -0.05) is 0 Å². The van der Waals surface area contributed by atoms with Crippen LogP contribution < -0.4 is 0 Å². The first kappa shape index (κ1) is 14.4. The zero-order valence-electron chi connectivity index (χ0n) is 8.61. The monoisotopic (exact) mass is 179 g/mol. The summed E-state index contributed by atoms with van der Waals surface area (Å²) >= 11 is 0. The molecule has 0 amide bonds. The topological polar surface area (TPSA) is 52.9 Å². The summed E-state index contributed by atoms with van der Waals surface area (Å²) in [4.78, 5) is 1.72. The van der Waals surface area contributed by atoms with Crippen LogP contribution in [0.2, 0.25) is 0 Å². The Hall–Kier alpha value is -0.160. The van der Waals surface area contributed by atoms with E-state index in [0.717, 1.165) is 0 Å². The molecule has 0 heterocycles. The molecule has 0 rings (SSSR count). The summed E-state index contributed by atoms with van der Waals surface area (Å²) in [6.45, 7) is 5.73. The van der Waals surface area contributed by atoms with Gasteiger partial charge in [0.15, 0.2) is 6.29 Å². The molecule has 0 saturated heterocycles. The van der Waals surface area contributed by atoms with Crippen LogP contribution >= 0.6 is 0 Å². The number of aliphatic hydroxyl groups is 2. The van der Waals surface area contributed by atoms with E-state index in [9.17, 15) is 0 Å². The Balaban J connectivity index is 0. The maximum absolute atomic E-state index is 8.56. The van der Waals surface area contributed by atoms with Crippen LogP contribution in [-0.4, -0.2) is 48.3 Å². The van der Waals surface area contributed by atoms with Gasteiger partial charge in [-0.05, 0) is 34.9 Å². The molecule has 76 valence electrons. The SMILES string of the molecule is CC(O)N(C)C.CCOC(C)O. The summed E-state index contributed by atoms with van der Waals surface area (Å²) in [5, 5.41) is 16.9. The second kappa shape index (κ2) is 8.93. The van der Waals surface area contributed by atoms with Crippen LogP contribution in [0.5, 0.6) is 0 Å². The van der Waals surface area contributed by atoms with Crippen molar-refractivity contribution in [3.05, 3.63) is 0 Å². The average Bonchev–Trinajstić information content (AvgIpc) is 1.87. The summed E-state index contributed by atoms with van der Waals surface area (Å²) in [5.41, 5.74) is 0. The molecule has 0 aromatic rings. The fourth-order valence-corrected chi connectivity index (χ4v) is 0.241. The maximum Gasteiger partial charge on any atom is 0.151 e. The summed E-state index contributed by atoms with van der Waals surface area (Å²) in [6, 6.07) is 0. The zero-order chi connectivity index (χ0) is 10.1. The summed E-state index contributed by atoms with van der Waals surface area (Å²) in [5.74, 6) is 0. The largest absolute Gasteiger partial charge is 0.379 e. The molecule has 4 heteroatoms. The molecule has 2 unspecified atom stereocenters. The van der Waals surface area contributed by atoms with Crippen LogP contribution in [0.25, 0.3) is 0 Å². The van der Waals surface area contributed by atoms with Crippen molar-refractivity contribution in [2.45, 2.75) is 33.3 Å². The van der Waals surface area contributed by atoms with E-state index in [0.29, 0.717) is 6.61 Å². The van der Waals surface area contributed by atoms with E-state index in [1.54, 1.807) is 18.7 Å². The first-order chi connectivity index (χ1) is 5.41. The molecule has 0 radical (unpaired) electrons. The summed E-state index contributed by atoms with van der Waals surface area (Å²) in [7, 11) is 3.65. The van der Waals surface area contributed by atoms with Crippen molar-refractivity contribution in [1.82, 2.24) is 4.90 Å². The van der Waals surface area contributed by atoms with Crippen LogP contribution in [0.3, 0.4) is 0 Å². The van der Waals surface area contributed by atoms with Crippen LogP contribution in [0.15, 0.2) is 0 Å². The Morgan fingerprint density at radius 2 is 1.58 bits per heavy atom. The van der Waals surface area contributed by atoms with Crippen molar-refractivity contribution in [3.63, 3.8) is 0 Å². The van der Waals surface area contributed by atoms with Crippen molar-refractivity contribution in [2.24, 2.45) is 0 Å². The Bertz CT molecular complexity index is 78.4. The second-order valence-electron chi connectivity index (χ2n) is 2.65. The van der Waals surface area contributed by atoms with Gasteiger partial charge in [-0.2, -0.15) is 0 Å². The van der Waals surface area contributed by atoms with E-state index in [-0.39, 0.29) is 6.23 Å². The molecule has 0 aliphatic carbocycles. The number of rotatable bonds is 3. The number of ether oxygens (including phenoxy) is 1. The van der Waals surface area contributed by atoms with Gasteiger partial charge < -0.3 is 14.9 Å². The maximum atomic E-state index is 8.56. The van der Waals surface area contributed by atoms with E-state index < -0.39 is 6.29 Å². The second-order valence-corrected chi connectivity index (χ2v) is 2.65. The van der Waals surface area contributed by atoms with Crippen molar-refractivity contribution in [2.75, 3.05) is 20.7 Å². The molecule has 0 saturated carbocycles. The van der Waals surface area contributed by atoms with E-state index >= 15 is 0 Å². The van der Waals surface area contributed by atoms with Crippen molar-refractivity contribution in [1.29, 1.82) is 0 Å². The van der Waals surface area contributed by atoms with E-state index in [2.05, 4.69) is 4.74 Å². The molecular weight excluding hydrogens is 158 g/mol. The van der Waals surface area contributed by atoms with Gasteiger partial charge in [-0.25, -0.2) is 0 Å². The third kappa shape index (κ3) is 16.4. The van der Waals surface area contributed by atoms with Gasteiger partial charge in [0.2, 0.25) is 0 Å². The lowest BCUT2D eigenvalue weighted by Crippen LogP contribution is -2.23. The number of hydrogen-bond donors (Lipinski definition) is 2. The molecule has 4 nitrogen and oxygen atoms in total. The minimum Gasteiger partial charge on any atom is -0.379 e. The van der Waals surface area contributed by atoms with Gasteiger partial charge in [0, 0.05) is 6.61 Å². The highest BCUT2D eigenvalue weighted by Gasteiger charge is 1.92. The lowest BCUT2D eigenvalue weighted by atomic mass is 10.6. The van der Waals surface area contributed by atoms with Crippen LogP contribution in [0.1, 0.15) is 20.8 Å². The van der Waals surface area contributed by atoms with Crippen molar-refractivity contribution >= 4 is 0 Å². The Kier molecular flexibility index (Phi) is 10.7. The molecular formula is C8H21NO3. The molecule has 0 aromatic carbocycles. The molecule has 0 aliphatic rings. The predicted molar refractivity (Wildman–Crippen MR) is 48.7 cm³/mol. The first-order valence-electron chi connectivity index (χ1n) is 4.06. The molecule has 0 fully saturated rings. The Morgan fingerprint density at radius 3 is 1.58 bits per heavy atom. The van der Waals surface area contributed by atoms with E-state index in [1.807, 2.05) is 21.0 Å². The van der Waals surface area contributed by atoms with Crippen LogP contribution in [-0.2, 0) is 4.74 Å². The minimum atomic E-state index is -0.602. The third-order valence-corrected chi connectivity index (χ3v) is 1.16. The fraction of sp³-hybridized carbons (Fsp3) is 1.00. The molecule has 0 aromatic heterocycles. The van der Waals surface area contributed by atoms with Crippen molar-refractivity contribution in [3.8, 4) is 0 Å². The molecule has 2 atom stereocenters. The van der Waals surface area contributed by atoms with Gasteiger partial charge in [0.05, 0.1) is 0 Å². The summed E-state index contributed by atoms with van der Waals surface area (Å²) in [6.07, 6.45) is -0.917. The number of nitrogens with zero attached hydrogens (tertiary/aromatic N) is 1. The van der Waals surface area contributed by atoms with Gasteiger partial charge in [-0.15, -0.1) is 0 Å². The molecule has 12 heavy (non-hydrogen) atoms. The number of hydrogen-bond acceptors (Lipinski definition) is 4. The highest BCUT2D eigenvalue weighted by Crippen LogP contribution is 1.79. The standard InChI is InChI=1S/C4H11NO.C4H10O2/c1-4(6)5(2)3;1-3-6-4(2)5/h4,6H,1-3H3;4-5H,3H2,1-2H3. The van der Waals surface area contributed by atoms with Gasteiger partial charge in [0.25, 0.3) is 0 Å². The lowest BCUT2D eigenvalue weighted by Gasteiger charge is -2.11. The van der Waals surface area contributed by atoms with E-state index in [1.165, 1.54) is 0 Å². The molecule has 0 bridgehead atoms. The fourth-order valence-electron chi connectivity index (χ4n) is 0.241. The summed E-state index contributed by atoms with van der Waals surface area (Å²) < 4.78 is 4.60. The Labute approximate surface area is 74.8 Å². The highest BCUT2D eigenvalue weighted by atomic mass is 16.6. The predicted octanol–water partition coefficient (Wildman–Crippen LogP) is 0.247. The van der Waals surface area contributed by atoms with Crippen LogP contribution in [0, 0.1) is 0 Å². The Morgan fingerprint density at radius 1 is 1.25 bits per heavy atom. The zero-order valence-corrected chi connectivity index (χ0v) is 8.61.